The summed E-state index contributed by atoms with van der Waals surface area (Å²) in [6, 6.07) is 12.3. The average Bonchev–Trinajstić information content (AvgIpc) is 2.52. The fourth-order valence-electron chi connectivity index (χ4n) is 1.85. The highest BCUT2D eigenvalue weighted by atomic mass is 32.2. The van der Waals surface area contributed by atoms with Crippen molar-refractivity contribution in [3.8, 4) is 0 Å². The molecule has 1 aromatic carbocycles. The van der Waals surface area contributed by atoms with Crippen LogP contribution in [0.2, 0.25) is 0 Å². The minimum absolute atomic E-state index is 0.181. The molecule has 2 N–H and O–H groups in total. The first-order valence-corrected chi connectivity index (χ1v) is 8.29. The van der Waals surface area contributed by atoms with Gasteiger partial charge in [-0.1, -0.05) is 25.1 Å². The fraction of sp³-hybridized carbons (Fsp3) is 0.267. The zero-order valence-corrected chi connectivity index (χ0v) is 12.7. The molecule has 1 aromatic heterocycles. The van der Waals surface area contributed by atoms with E-state index in [1.807, 2.05) is 19.1 Å². The van der Waals surface area contributed by atoms with Gasteiger partial charge in [-0.25, -0.2) is 13.1 Å². The van der Waals surface area contributed by atoms with Gasteiger partial charge in [0.2, 0.25) is 10.0 Å². The van der Waals surface area contributed by atoms with Crippen LogP contribution in [-0.2, 0) is 23.1 Å². The van der Waals surface area contributed by atoms with E-state index in [0.29, 0.717) is 12.2 Å². The van der Waals surface area contributed by atoms with Crippen LogP contribution >= 0.6 is 0 Å². The molecule has 0 unspecified atom stereocenters. The number of sulfonamides is 1. The number of hydrogen-bond acceptors (Lipinski definition) is 4. The third kappa shape index (κ3) is 4.63. The van der Waals surface area contributed by atoms with Crippen molar-refractivity contribution in [2.45, 2.75) is 24.9 Å². The van der Waals surface area contributed by atoms with Crippen LogP contribution in [0.5, 0.6) is 0 Å². The maximum absolute atomic E-state index is 12.3. The van der Waals surface area contributed by atoms with Crippen LogP contribution in [0.15, 0.2) is 53.6 Å². The second-order valence-corrected chi connectivity index (χ2v) is 6.34. The van der Waals surface area contributed by atoms with Gasteiger partial charge in [0.05, 0.1) is 17.1 Å². The molecule has 0 amide bonds. The van der Waals surface area contributed by atoms with Crippen molar-refractivity contribution < 1.29 is 8.42 Å². The number of nitrogens with one attached hydrogen (secondary N) is 2. The number of rotatable bonds is 7. The number of pyridine rings is 1. The zero-order valence-electron chi connectivity index (χ0n) is 11.9. The van der Waals surface area contributed by atoms with E-state index in [-0.39, 0.29) is 11.4 Å². The molecule has 0 aliphatic rings. The van der Waals surface area contributed by atoms with Crippen LogP contribution in [0.4, 0.5) is 0 Å². The minimum Gasteiger partial charge on any atom is -0.313 e. The van der Waals surface area contributed by atoms with Gasteiger partial charge in [0, 0.05) is 12.7 Å². The van der Waals surface area contributed by atoms with Crippen molar-refractivity contribution in [3.05, 3.63) is 59.9 Å². The lowest BCUT2D eigenvalue weighted by Gasteiger charge is -2.08. The van der Waals surface area contributed by atoms with E-state index in [2.05, 4.69) is 15.0 Å². The summed E-state index contributed by atoms with van der Waals surface area (Å²) in [4.78, 5) is 4.37. The molecule has 0 bridgehead atoms. The van der Waals surface area contributed by atoms with Gasteiger partial charge in [0.25, 0.3) is 0 Å². The molecule has 112 valence electrons. The Bertz CT molecular complexity index is 672. The summed E-state index contributed by atoms with van der Waals surface area (Å²) in [6.45, 7) is 3.69. The SMILES string of the molecule is CCNCc1cccc(S(=O)(=O)NCc2ccccn2)c1. The van der Waals surface area contributed by atoms with Gasteiger partial charge in [-0.3, -0.25) is 4.98 Å². The predicted molar refractivity (Wildman–Crippen MR) is 82.1 cm³/mol. The van der Waals surface area contributed by atoms with E-state index < -0.39 is 10.0 Å². The van der Waals surface area contributed by atoms with Gasteiger partial charge in [-0.2, -0.15) is 0 Å². The van der Waals surface area contributed by atoms with Gasteiger partial charge in [0.1, 0.15) is 0 Å². The average molecular weight is 305 g/mol. The number of hydrogen-bond donors (Lipinski definition) is 2. The van der Waals surface area contributed by atoms with Crippen molar-refractivity contribution in [2.24, 2.45) is 0 Å². The van der Waals surface area contributed by atoms with Gasteiger partial charge >= 0.3 is 0 Å². The summed E-state index contributed by atoms with van der Waals surface area (Å²) in [6.07, 6.45) is 1.64. The lowest BCUT2D eigenvalue weighted by atomic mass is 10.2. The highest BCUT2D eigenvalue weighted by Crippen LogP contribution is 2.12. The van der Waals surface area contributed by atoms with E-state index in [9.17, 15) is 8.42 Å². The summed E-state index contributed by atoms with van der Waals surface area (Å²) in [5, 5.41) is 3.18. The van der Waals surface area contributed by atoms with E-state index in [1.54, 1.807) is 36.5 Å². The van der Waals surface area contributed by atoms with Crippen LogP contribution in [-0.4, -0.2) is 19.9 Å². The van der Waals surface area contributed by atoms with E-state index in [4.69, 9.17) is 0 Å². The Morgan fingerprint density at radius 3 is 2.67 bits per heavy atom. The summed E-state index contributed by atoms with van der Waals surface area (Å²) >= 11 is 0. The van der Waals surface area contributed by atoms with Crippen molar-refractivity contribution in [2.75, 3.05) is 6.54 Å². The first kappa shape index (κ1) is 15.6. The van der Waals surface area contributed by atoms with Crippen molar-refractivity contribution in [1.29, 1.82) is 0 Å². The molecule has 1 heterocycles. The first-order chi connectivity index (χ1) is 10.1. The molecule has 6 heteroatoms. The lowest BCUT2D eigenvalue weighted by molar-refractivity contribution is 0.580. The standard InChI is InChI=1S/C15H19N3O2S/c1-2-16-11-13-6-5-8-15(10-13)21(19,20)18-12-14-7-3-4-9-17-14/h3-10,16,18H,2,11-12H2,1H3. The van der Waals surface area contributed by atoms with Crippen molar-refractivity contribution in [3.63, 3.8) is 0 Å². The van der Waals surface area contributed by atoms with E-state index >= 15 is 0 Å². The smallest absolute Gasteiger partial charge is 0.240 e. The Hall–Kier alpha value is -1.76. The highest BCUT2D eigenvalue weighted by molar-refractivity contribution is 7.89. The molecule has 0 radical (unpaired) electrons. The molecule has 0 saturated carbocycles. The summed E-state index contributed by atoms with van der Waals surface area (Å²) in [5.41, 5.74) is 1.63. The van der Waals surface area contributed by atoms with Crippen LogP contribution in [0.25, 0.3) is 0 Å². The number of nitrogens with zero attached hydrogens (tertiary/aromatic N) is 1. The van der Waals surface area contributed by atoms with E-state index in [1.165, 1.54) is 0 Å². The molecule has 2 rings (SSSR count). The number of aromatic nitrogens is 1. The highest BCUT2D eigenvalue weighted by Gasteiger charge is 2.14. The molecule has 0 spiro atoms. The fourth-order valence-corrected chi connectivity index (χ4v) is 2.92. The third-order valence-corrected chi connectivity index (χ3v) is 4.36. The summed E-state index contributed by atoms with van der Waals surface area (Å²) < 4.78 is 27.1. The summed E-state index contributed by atoms with van der Waals surface area (Å²) in [7, 11) is -3.52. The number of benzene rings is 1. The largest absolute Gasteiger partial charge is 0.313 e. The Labute approximate surface area is 125 Å². The summed E-state index contributed by atoms with van der Waals surface area (Å²) in [5.74, 6) is 0. The second-order valence-electron chi connectivity index (χ2n) is 4.57. The van der Waals surface area contributed by atoms with Crippen LogP contribution in [0.1, 0.15) is 18.2 Å². The molecule has 0 aliphatic carbocycles. The Morgan fingerprint density at radius 1 is 1.10 bits per heavy atom. The molecular weight excluding hydrogens is 286 g/mol. The van der Waals surface area contributed by atoms with Crippen molar-refractivity contribution in [1.82, 2.24) is 15.0 Å². The maximum Gasteiger partial charge on any atom is 0.240 e. The molecule has 21 heavy (non-hydrogen) atoms. The molecule has 0 atom stereocenters. The van der Waals surface area contributed by atoms with Crippen LogP contribution in [0.3, 0.4) is 0 Å². The second kappa shape index (κ2) is 7.31. The maximum atomic E-state index is 12.3. The molecular formula is C15H19N3O2S. The molecule has 5 nitrogen and oxygen atoms in total. The monoisotopic (exact) mass is 305 g/mol. The predicted octanol–water partition coefficient (Wildman–Crippen LogP) is 1.67. The Morgan fingerprint density at radius 2 is 1.95 bits per heavy atom. The van der Waals surface area contributed by atoms with Gasteiger partial charge < -0.3 is 5.32 Å². The van der Waals surface area contributed by atoms with Gasteiger partial charge in [0.15, 0.2) is 0 Å². The Balaban J connectivity index is 2.08. The molecule has 0 fully saturated rings. The normalized spacial score (nSPS) is 11.5. The molecule has 0 saturated heterocycles. The minimum atomic E-state index is -3.52. The Kier molecular flexibility index (Phi) is 5.44. The van der Waals surface area contributed by atoms with Crippen LogP contribution in [0, 0.1) is 0 Å². The molecule has 0 aliphatic heterocycles. The van der Waals surface area contributed by atoms with Gasteiger partial charge in [-0.05, 0) is 36.4 Å². The van der Waals surface area contributed by atoms with Gasteiger partial charge in [-0.15, -0.1) is 0 Å². The first-order valence-electron chi connectivity index (χ1n) is 6.81. The topological polar surface area (TPSA) is 71.1 Å². The molecule has 2 aromatic rings. The quantitative estimate of drug-likeness (QED) is 0.816. The lowest BCUT2D eigenvalue weighted by Crippen LogP contribution is -2.24. The third-order valence-electron chi connectivity index (χ3n) is 2.96. The van der Waals surface area contributed by atoms with E-state index in [0.717, 1.165) is 12.1 Å². The zero-order chi connectivity index (χ0) is 15.1. The van der Waals surface area contributed by atoms with Crippen LogP contribution < -0.4 is 10.0 Å². The van der Waals surface area contributed by atoms with Crippen molar-refractivity contribution >= 4 is 10.0 Å².